The molecule has 4 heteroatoms. The summed E-state index contributed by atoms with van der Waals surface area (Å²) in [6, 6.07) is 27.2. The van der Waals surface area contributed by atoms with Crippen LogP contribution in [0.4, 0.5) is 0 Å². The minimum Gasteiger partial charge on any atom is -0.267 e. The van der Waals surface area contributed by atoms with E-state index in [1.807, 2.05) is 37.3 Å². The Balaban J connectivity index is 1.30. The fraction of sp³-hybridized carbons (Fsp3) is 0.179. The van der Waals surface area contributed by atoms with E-state index in [4.69, 9.17) is 0 Å². The van der Waals surface area contributed by atoms with Gasteiger partial charge < -0.3 is 0 Å². The highest BCUT2D eigenvalue weighted by Gasteiger charge is 2.44. The summed E-state index contributed by atoms with van der Waals surface area (Å²) in [5.74, 6) is 0.683. The summed E-state index contributed by atoms with van der Waals surface area (Å²) in [6.07, 6.45) is 2.62. The van der Waals surface area contributed by atoms with Crippen molar-refractivity contribution in [2.45, 2.75) is 25.2 Å². The topological polar surface area (TPSA) is 54.4 Å². The molecule has 1 amide bonds. The van der Waals surface area contributed by atoms with Crippen molar-refractivity contribution in [1.29, 1.82) is 0 Å². The van der Waals surface area contributed by atoms with Gasteiger partial charge in [0, 0.05) is 35.0 Å². The first-order valence-corrected chi connectivity index (χ1v) is 11.1. The summed E-state index contributed by atoms with van der Waals surface area (Å²) in [4.78, 5) is 17.2. The van der Waals surface area contributed by atoms with Gasteiger partial charge in [-0.2, -0.15) is 5.10 Å². The molecule has 32 heavy (non-hydrogen) atoms. The molecule has 1 N–H and O–H groups in total. The van der Waals surface area contributed by atoms with E-state index < -0.39 is 0 Å². The number of nitrogens with zero attached hydrogens (tertiary/aromatic N) is 2. The van der Waals surface area contributed by atoms with E-state index in [-0.39, 0.29) is 17.7 Å². The van der Waals surface area contributed by atoms with Crippen molar-refractivity contribution < 1.29 is 4.79 Å². The quantitative estimate of drug-likeness (QED) is 0.347. The SMILES string of the molecule is CC(=NNC(=O)c1cnc2ccccc2c1)[C@@H]1CC2c3ccccc3C1c1ccccc12. The van der Waals surface area contributed by atoms with E-state index >= 15 is 0 Å². The Morgan fingerprint density at radius 3 is 2.25 bits per heavy atom. The summed E-state index contributed by atoms with van der Waals surface area (Å²) in [5.41, 5.74) is 10.8. The van der Waals surface area contributed by atoms with Gasteiger partial charge in [-0.25, -0.2) is 5.43 Å². The first kappa shape index (κ1) is 18.9. The Bertz CT molecular complexity index is 1340. The zero-order valence-corrected chi connectivity index (χ0v) is 17.8. The highest BCUT2D eigenvalue weighted by Crippen LogP contribution is 2.55. The van der Waals surface area contributed by atoms with E-state index in [9.17, 15) is 4.79 Å². The molecule has 3 aromatic carbocycles. The zero-order chi connectivity index (χ0) is 21.7. The van der Waals surface area contributed by atoms with Crippen LogP contribution in [-0.4, -0.2) is 16.6 Å². The number of carbonyl (C=O) groups excluding carboxylic acids is 1. The van der Waals surface area contributed by atoms with Crippen LogP contribution in [0.3, 0.4) is 0 Å². The van der Waals surface area contributed by atoms with E-state index in [0.717, 1.165) is 23.0 Å². The Labute approximate surface area is 187 Å². The summed E-state index contributed by atoms with van der Waals surface area (Å²) < 4.78 is 0. The zero-order valence-electron chi connectivity index (χ0n) is 17.8. The minimum absolute atomic E-state index is 0.232. The predicted molar refractivity (Wildman–Crippen MR) is 127 cm³/mol. The molecule has 0 spiro atoms. The number of hydrazone groups is 1. The molecule has 1 atom stereocenters. The number of aromatic nitrogens is 1. The Morgan fingerprint density at radius 1 is 0.906 bits per heavy atom. The van der Waals surface area contributed by atoms with E-state index in [1.54, 1.807) is 6.20 Å². The highest BCUT2D eigenvalue weighted by atomic mass is 16.2. The van der Waals surface area contributed by atoms with Gasteiger partial charge in [0.15, 0.2) is 0 Å². The molecule has 4 aromatic rings. The summed E-state index contributed by atoms with van der Waals surface area (Å²) in [5, 5.41) is 5.50. The standard InChI is InChI=1S/C28H23N3O/c1-17(30-31-28(32)19-14-18-8-2-7-13-26(18)29-16-19)24-15-25-20-9-3-5-11-22(20)27(24)23-12-6-4-10-21(23)25/h2-14,16,24-25,27H,15H2,1H3,(H,31,32)/t24-,25?,27?/m0/s1. The molecule has 3 aliphatic carbocycles. The number of hydrogen-bond donors (Lipinski definition) is 1. The maximum absolute atomic E-state index is 12.8. The lowest BCUT2D eigenvalue weighted by Gasteiger charge is -2.45. The van der Waals surface area contributed by atoms with Crippen molar-refractivity contribution in [2.75, 3.05) is 0 Å². The van der Waals surface area contributed by atoms with Gasteiger partial charge in [0.05, 0.1) is 11.1 Å². The number of amides is 1. The normalized spacial score (nSPS) is 21.2. The van der Waals surface area contributed by atoms with Crippen molar-refractivity contribution in [1.82, 2.24) is 10.4 Å². The molecule has 0 aliphatic heterocycles. The molecular formula is C28H23N3O. The number of nitrogens with one attached hydrogen (secondary N) is 1. The van der Waals surface area contributed by atoms with Crippen LogP contribution in [0.2, 0.25) is 0 Å². The van der Waals surface area contributed by atoms with Crippen molar-refractivity contribution in [2.24, 2.45) is 11.0 Å². The number of fused-ring (bicyclic) bond motifs is 2. The molecular weight excluding hydrogens is 394 g/mol. The monoisotopic (exact) mass is 417 g/mol. The second kappa shape index (κ2) is 7.41. The van der Waals surface area contributed by atoms with E-state index in [2.05, 4.69) is 64.0 Å². The van der Waals surface area contributed by atoms with Crippen LogP contribution in [0.25, 0.3) is 10.9 Å². The van der Waals surface area contributed by atoms with Crippen molar-refractivity contribution in [3.05, 3.63) is 113 Å². The molecule has 1 aromatic heterocycles. The molecule has 0 fully saturated rings. The number of carbonyl (C=O) groups is 1. The van der Waals surface area contributed by atoms with Crippen LogP contribution in [0, 0.1) is 5.92 Å². The van der Waals surface area contributed by atoms with Crippen molar-refractivity contribution in [3.63, 3.8) is 0 Å². The largest absolute Gasteiger partial charge is 0.272 e. The molecule has 7 rings (SSSR count). The lowest BCUT2D eigenvalue weighted by molar-refractivity contribution is 0.0954. The van der Waals surface area contributed by atoms with Crippen LogP contribution in [-0.2, 0) is 0 Å². The number of rotatable bonds is 3. The molecule has 4 nitrogen and oxygen atoms in total. The fourth-order valence-electron chi connectivity index (χ4n) is 5.53. The number of benzene rings is 3. The van der Waals surface area contributed by atoms with Crippen molar-refractivity contribution in [3.8, 4) is 0 Å². The highest BCUT2D eigenvalue weighted by molar-refractivity contribution is 5.98. The number of para-hydroxylation sites is 1. The minimum atomic E-state index is -0.232. The molecule has 156 valence electrons. The van der Waals surface area contributed by atoms with Crippen LogP contribution in [0.1, 0.15) is 57.8 Å². The van der Waals surface area contributed by atoms with E-state index in [1.165, 1.54) is 22.3 Å². The predicted octanol–water partition coefficient (Wildman–Crippen LogP) is 5.64. The van der Waals surface area contributed by atoms with Gasteiger partial charge >= 0.3 is 0 Å². The summed E-state index contributed by atoms with van der Waals surface area (Å²) in [7, 11) is 0. The Hall–Kier alpha value is -3.79. The van der Waals surface area contributed by atoms with Gasteiger partial charge in [-0.3, -0.25) is 9.78 Å². The fourth-order valence-corrected chi connectivity index (χ4v) is 5.53. The van der Waals surface area contributed by atoms with Crippen LogP contribution in [0.15, 0.2) is 90.2 Å². The molecule has 0 saturated heterocycles. The maximum atomic E-state index is 12.8. The first-order chi connectivity index (χ1) is 15.7. The van der Waals surface area contributed by atoms with Gasteiger partial charge in [0.2, 0.25) is 0 Å². The molecule has 2 bridgehead atoms. The molecule has 0 saturated carbocycles. The Morgan fingerprint density at radius 2 is 1.53 bits per heavy atom. The number of pyridine rings is 1. The second-order valence-corrected chi connectivity index (χ2v) is 8.74. The van der Waals surface area contributed by atoms with Gasteiger partial charge in [-0.1, -0.05) is 66.7 Å². The average molecular weight is 418 g/mol. The van der Waals surface area contributed by atoms with Gasteiger partial charge in [0.25, 0.3) is 5.91 Å². The third kappa shape index (κ3) is 2.94. The van der Waals surface area contributed by atoms with Crippen LogP contribution >= 0.6 is 0 Å². The van der Waals surface area contributed by atoms with Crippen LogP contribution in [0.5, 0.6) is 0 Å². The second-order valence-electron chi connectivity index (χ2n) is 8.74. The first-order valence-electron chi connectivity index (χ1n) is 11.1. The van der Waals surface area contributed by atoms with Gasteiger partial charge in [-0.05, 0) is 47.7 Å². The van der Waals surface area contributed by atoms with Gasteiger partial charge in [-0.15, -0.1) is 0 Å². The molecule has 0 unspecified atom stereocenters. The average Bonchev–Trinajstić information content (AvgIpc) is 2.86. The number of hydrogen-bond acceptors (Lipinski definition) is 3. The molecule has 0 radical (unpaired) electrons. The smallest absolute Gasteiger partial charge is 0.267 e. The third-order valence-electron chi connectivity index (χ3n) is 7.03. The maximum Gasteiger partial charge on any atom is 0.272 e. The van der Waals surface area contributed by atoms with Crippen LogP contribution < -0.4 is 5.43 Å². The molecule has 1 heterocycles. The van der Waals surface area contributed by atoms with E-state index in [0.29, 0.717) is 11.5 Å². The lowest BCUT2D eigenvalue weighted by atomic mass is 9.58. The lowest BCUT2D eigenvalue weighted by Crippen LogP contribution is -2.36. The summed E-state index contributed by atoms with van der Waals surface area (Å²) in [6.45, 7) is 2.04. The molecule has 3 aliphatic rings. The Kier molecular flexibility index (Phi) is 4.39. The summed E-state index contributed by atoms with van der Waals surface area (Å²) >= 11 is 0. The third-order valence-corrected chi connectivity index (χ3v) is 7.03. The van der Waals surface area contributed by atoms with Crippen molar-refractivity contribution >= 4 is 22.5 Å². The van der Waals surface area contributed by atoms with Gasteiger partial charge in [0.1, 0.15) is 0 Å².